The first-order valence-electron chi connectivity index (χ1n) is 5.50. The van der Waals surface area contributed by atoms with Crippen LogP contribution in [0.3, 0.4) is 0 Å². The number of hydrogen-bond donors (Lipinski definition) is 1. The van der Waals surface area contributed by atoms with E-state index in [1.807, 2.05) is 0 Å². The summed E-state index contributed by atoms with van der Waals surface area (Å²) in [4.78, 5) is 12.2. The van der Waals surface area contributed by atoms with Crippen LogP contribution in [0.4, 0.5) is 10.1 Å². The van der Waals surface area contributed by atoms with Crippen LogP contribution in [0.5, 0.6) is 0 Å². The molecule has 0 amide bonds. The molecule has 0 aromatic heterocycles. The second-order valence-corrected chi connectivity index (χ2v) is 5.75. The predicted octanol–water partition coefficient (Wildman–Crippen LogP) is 4.36. The zero-order valence-corrected chi connectivity index (χ0v) is 13.0. The van der Waals surface area contributed by atoms with Crippen molar-refractivity contribution in [1.29, 1.82) is 0 Å². The van der Waals surface area contributed by atoms with E-state index in [1.54, 1.807) is 30.3 Å². The van der Waals surface area contributed by atoms with Crippen LogP contribution in [-0.4, -0.2) is 5.78 Å². The molecule has 2 N–H and O–H groups in total. The van der Waals surface area contributed by atoms with Gasteiger partial charge in [0.15, 0.2) is 5.78 Å². The number of carbonyl (C=O) groups excluding carboxylic acids is 1. The zero-order chi connectivity index (χ0) is 14.0. The van der Waals surface area contributed by atoms with Gasteiger partial charge in [-0.15, -0.1) is 0 Å². The summed E-state index contributed by atoms with van der Waals surface area (Å²) >= 11 is 6.45. The van der Waals surface area contributed by atoms with Crippen molar-refractivity contribution in [3.8, 4) is 0 Å². The highest BCUT2D eigenvalue weighted by Crippen LogP contribution is 2.24. The standard InChI is InChI=1S/C14H10Br2FNO/c15-9-4-5-12(18)10(7-9)13(19)6-8-2-1-3-11(17)14(8)16/h1-5,7H,6,18H2. The highest BCUT2D eigenvalue weighted by molar-refractivity contribution is 9.10. The molecule has 0 heterocycles. The molecule has 0 radical (unpaired) electrons. The highest BCUT2D eigenvalue weighted by Gasteiger charge is 2.14. The Morgan fingerprint density at radius 3 is 2.68 bits per heavy atom. The third-order valence-corrected chi connectivity index (χ3v) is 4.08. The molecule has 98 valence electrons. The van der Waals surface area contributed by atoms with Crippen molar-refractivity contribution in [1.82, 2.24) is 0 Å². The topological polar surface area (TPSA) is 43.1 Å². The Labute approximate surface area is 127 Å². The van der Waals surface area contributed by atoms with Crippen LogP contribution in [-0.2, 0) is 6.42 Å². The molecule has 0 aliphatic rings. The van der Waals surface area contributed by atoms with Gasteiger partial charge in [0, 0.05) is 22.1 Å². The molecule has 2 aromatic rings. The molecule has 0 unspecified atom stereocenters. The lowest BCUT2D eigenvalue weighted by molar-refractivity contribution is 0.0993. The Morgan fingerprint density at radius 2 is 1.95 bits per heavy atom. The minimum Gasteiger partial charge on any atom is -0.398 e. The van der Waals surface area contributed by atoms with Crippen LogP contribution in [0.1, 0.15) is 15.9 Å². The van der Waals surface area contributed by atoms with E-state index in [0.29, 0.717) is 21.3 Å². The average molecular weight is 387 g/mol. The number of Topliss-reactive ketones (excluding diaryl/α,β-unsaturated/α-hetero) is 1. The molecule has 0 fully saturated rings. The van der Waals surface area contributed by atoms with Crippen molar-refractivity contribution in [2.75, 3.05) is 5.73 Å². The molecule has 0 atom stereocenters. The van der Waals surface area contributed by atoms with E-state index < -0.39 is 0 Å². The Balaban J connectivity index is 2.31. The fourth-order valence-electron chi connectivity index (χ4n) is 1.72. The molecule has 2 aromatic carbocycles. The molecule has 0 aliphatic heterocycles. The molecule has 0 bridgehead atoms. The summed E-state index contributed by atoms with van der Waals surface area (Å²) < 4.78 is 14.5. The van der Waals surface area contributed by atoms with Gasteiger partial charge in [-0.3, -0.25) is 4.79 Å². The summed E-state index contributed by atoms with van der Waals surface area (Å²) in [5.74, 6) is -0.530. The number of benzene rings is 2. The minimum atomic E-state index is -0.382. The number of nitrogen functional groups attached to an aromatic ring is 1. The molecule has 0 spiro atoms. The van der Waals surface area contributed by atoms with Gasteiger partial charge in [0.1, 0.15) is 5.82 Å². The molecule has 19 heavy (non-hydrogen) atoms. The van der Waals surface area contributed by atoms with Crippen LogP contribution in [0.2, 0.25) is 0 Å². The van der Waals surface area contributed by atoms with Crippen molar-refractivity contribution in [2.24, 2.45) is 0 Å². The SMILES string of the molecule is Nc1ccc(Br)cc1C(=O)Cc1cccc(F)c1Br. The number of rotatable bonds is 3. The maximum atomic E-state index is 13.4. The largest absolute Gasteiger partial charge is 0.398 e. The third-order valence-electron chi connectivity index (χ3n) is 2.70. The minimum absolute atomic E-state index is 0.0962. The molecular weight excluding hydrogens is 377 g/mol. The number of nitrogens with two attached hydrogens (primary N) is 1. The smallest absolute Gasteiger partial charge is 0.169 e. The summed E-state index contributed by atoms with van der Waals surface area (Å²) in [7, 11) is 0. The molecule has 0 saturated carbocycles. The lowest BCUT2D eigenvalue weighted by atomic mass is 10.0. The van der Waals surface area contributed by atoms with Crippen molar-refractivity contribution in [2.45, 2.75) is 6.42 Å². The summed E-state index contributed by atoms with van der Waals surface area (Å²) in [6.45, 7) is 0. The number of halogens is 3. The third kappa shape index (κ3) is 3.22. The Hall–Kier alpha value is -1.20. The van der Waals surface area contributed by atoms with Gasteiger partial charge < -0.3 is 5.73 Å². The van der Waals surface area contributed by atoms with Gasteiger partial charge in [0.2, 0.25) is 0 Å². The van der Waals surface area contributed by atoms with Crippen LogP contribution in [0, 0.1) is 5.82 Å². The van der Waals surface area contributed by atoms with Gasteiger partial charge in [-0.05, 0) is 45.8 Å². The Bertz CT molecular complexity index is 643. The second-order valence-electron chi connectivity index (χ2n) is 4.04. The number of ketones is 1. The van der Waals surface area contributed by atoms with Gasteiger partial charge in [-0.25, -0.2) is 4.39 Å². The van der Waals surface area contributed by atoms with Gasteiger partial charge >= 0.3 is 0 Å². The maximum Gasteiger partial charge on any atom is 0.169 e. The molecule has 0 aliphatic carbocycles. The van der Waals surface area contributed by atoms with Gasteiger partial charge in [-0.1, -0.05) is 28.1 Å². The van der Waals surface area contributed by atoms with E-state index >= 15 is 0 Å². The normalized spacial score (nSPS) is 10.5. The summed E-state index contributed by atoms with van der Waals surface area (Å²) in [6.07, 6.45) is 0.0962. The van der Waals surface area contributed by atoms with Crippen LogP contribution >= 0.6 is 31.9 Å². The lowest BCUT2D eigenvalue weighted by Crippen LogP contribution is -2.08. The quantitative estimate of drug-likeness (QED) is 0.629. The molecular formula is C14H10Br2FNO. The maximum absolute atomic E-state index is 13.4. The second kappa shape index (κ2) is 5.84. The first kappa shape index (κ1) is 14.2. The van der Waals surface area contributed by atoms with E-state index in [-0.39, 0.29) is 18.0 Å². The van der Waals surface area contributed by atoms with E-state index in [9.17, 15) is 9.18 Å². The molecule has 5 heteroatoms. The average Bonchev–Trinajstić information content (AvgIpc) is 2.38. The summed E-state index contributed by atoms with van der Waals surface area (Å²) in [5, 5.41) is 0. The summed E-state index contributed by atoms with van der Waals surface area (Å²) in [6, 6.07) is 9.73. The van der Waals surface area contributed by atoms with E-state index in [1.165, 1.54) is 6.07 Å². The monoisotopic (exact) mass is 385 g/mol. The van der Waals surface area contributed by atoms with Crippen LogP contribution in [0.15, 0.2) is 45.3 Å². The predicted molar refractivity (Wildman–Crippen MR) is 80.7 cm³/mol. The fraction of sp³-hybridized carbons (Fsp3) is 0.0714. The van der Waals surface area contributed by atoms with Crippen molar-refractivity contribution in [3.63, 3.8) is 0 Å². The zero-order valence-electron chi connectivity index (χ0n) is 9.79. The van der Waals surface area contributed by atoms with Gasteiger partial charge in [0.05, 0.1) is 4.47 Å². The van der Waals surface area contributed by atoms with E-state index in [4.69, 9.17) is 5.73 Å². The van der Waals surface area contributed by atoms with Crippen molar-refractivity contribution < 1.29 is 9.18 Å². The van der Waals surface area contributed by atoms with Gasteiger partial charge in [-0.2, -0.15) is 0 Å². The molecule has 0 saturated heterocycles. The van der Waals surface area contributed by atoms with Gasteiger partial charge in [0.25, 0.3) is 0 Å². The number of hydrogen-bond acceptors (Lipinski definition) is 2. The van der Waals surface area contributed by atoms with E-state index in [2.05, 4.69) is 31.9 Å². The van der Waals surface area contributed by atoms with Crippen molar-refractivity contribution in [3.05, 3.63) is 62.3 Å². The fourth-order valence-corrected chi connectivity index (χ4v) is 2.49. The summed E-state index contributed by atoms with van der Waals surface area (Å²) in [5.41, 5.74) is 7.24. The van der Waals surface area contributed by atoms with Crippen LogP contribution in [0.25, 0.3) is 0 Å². The number of carbonyl (C=O) groups is 1. The van der Waals surface area contributed by atoms with Crippen LogP contribution < -0.4 is 5.73 Å². The van der Waals surface area contributed by atoms with E-state index in [0.717, 1.165) is 4.47 Å². The Kier molecular flexibility index (Phi) is 4.37. The van der Waals surface area contributed by atoms with Crippen molar-refractivity contribution >= 4 is 43.3 Å². The highest BCUT2D eigenvalue weighted by atomic mass is 79.9. The first-order chi connectivity index (χ1) is 8.99. The number of anilines is 1. The molecule has 2 nitrogen and oxygen atoms in total. The first-order valence-corrected chi connectivity index (χ1v) is 7.08. The lowest BCUT2D eigenvalue weighted by Gasteiger charge is -2.07. The Morgan fingerprint density at radius 1 is 1.21 bits per heavy atom. The molecule has 2 rings (SSSR count).